The number of nitro benzene ring substituents is 1. The SMILES string of the molecule is Cc1cc(OCc2ccc(/C=C(\C#N)C(=O)Nc3cccc([N+](=O)[O-])c3)o2)ccc1Cl. The maximum Gasteiger partial charge on any atom is 0.271 e. The van der Waals surface area contributed by atoms with Gasteiger partial charge in [0.05, 0.1) is 4.92 Å². The molecule has 8 nitrogen and oxygen atoms in total. The minimum atomic E-state index is -0.714. The average Bonchev–Trinajstić information content (AvgIpc) is 3.20. The third-order valence-electron chi connectivity index (χ3n) is 4.16. The van der Waals surface area contributed by atoms with Crippen molar-refractivity contribution < 1.29 is 18.9 Å². The Balaban J connectivity index is 1.67. The highest BCUT2D eigenvalue weighted by molar-refractivity contribution is 6.31. The van der Waals surface area contributed by atoms with Crippen molar-refractivity contribution in [3.8, 4) is 11.8 Å². The van der Waals surface area contributed by atoms with E-state index < -0.39 is 10.8 Å². The first kappa shape index (κ1) is 21.6. The molecule has 1 N–H and O–H groups in total. The minimum absolute atomic E-state index is 0.149. The molecule has 0 fully saturated rings. The fourth-order valence-corrected chi connectivity index (χ4v) is 2.72. The van der Waals surface area contributed by atoms with Crippen LogP contribution < -0.4 is 10.1 Å². The van der Waals surface area contributed by atoms with Crippen molar-refractivity contribution in [2.75, 3.05) is 5.32 Å². The number of carbonyl (C=O) groups excluding carboxylic acids is 1. The summed E-state index contributed by atoms with van der Waals surface area (Å²) in [6, 6.07) is 15.8. The molecule has 1 aromatic heterocycles. The van der Waals surface area contributed by atoms with Crippen LogP contribution in [-0.4, -0.2) is 10.8 Å². The van der Waals surface area contributed by atoms with Crippen LogP contribution in [0.5, 0.6) is 5.75 Å². The summed E-state index contributed by atoms with van der Waals surface area (Å²) < 4.78 is 11.3. The predicted octanol–water partition coefficient (Wildman–Crippen LogP) is 5.27. The zero-order valence-corrected chi connectivity index (χ0v) is 17.1. The Morgan fingerprint density at radius 3 is 2.81 bits per heavy atom. The molecule has 0 aliphatic heterocycles. The largest absolute Gasteiger partial charge is 0.486 e. The van der Waals surface area contributed by atoms with Crippen LogP contribution in [0.2, 0.25) is 5.02 Å². The van der Waals surface area contributed by atoms with Crippen LogP contribution >= 0.6 is 11.6 Å². The van der Waals surface area contributed by atoms with Crippen molar-refractivity contribution in [2.24, 2.45) is 0 Å². The van der Waals surface area contributed by atoms with Crippen LogP contribution in [0.25, 0.3) is 6.08 Å². The van der Waals surface area contributed by atoms with Crippen LogP contribution in [-0.2, 0) is 11.4 Å². The van der Waals surface area contributed by atoms with Crippen LogP contribution in [0, 0.1) is 28.4 Å². The quantitative estimate of drug-likeness (QED) is 0.232. The van der Waals surface area contributed by atoms with E-state index in [9.17, 15) is 20.2 Å². The van der Waals surface area contributed by atoms with E-state index in [1.807, 2.05) is 6.92 Å². The number of ether oxygens (including phenoxy) is 1. The molecule has 0 atom stereocenters. The highest BCUT2D eigenvalue weighted by atomic mass is 35.5. The molecular weight excluding hydrogens is 422 g/mol. The van der Waals surface area contributed by atoms with Crippen LogP contribution in [0.1, 0.15) is 17.1 Å². The third-order valence-corrected chi connectivity index (χ3v) is 4.58. The van der Waals surface area contributed by atoms with Crippen LogP contribution in [0.15, 0.2) is 64.6 Å². The molecule has 0 aliphatic carbocycles. The fraction of sp³-hybridized carbons (Fsp3) is 0.0909. The smallest absolute Gasteiger partial charge is 0.271 e. The Morgan fingerprint density at radius 2 is 2.10 bits per heavy atom. The summed E-state index contributed by atoms with van der Waals surface area (Å²) in [7, 11) is 0. The maximum absolute atomic E-state index is 12.4. The Kier molecular flexibility index (Phi) is 6.70. The fourth-order valence-electron chi connectivity index (χ4n) is 2.60. The van der Waals surface area contributed by atoms with Gasteiger partial charge in [-0.25, -0.2) is 0 Å². The number of aryl methyl sites for hydroxylation is 1. The first-order chi connectivity index (χ1) is 14.9. The normalized spacial score (nSPS) is 10.9. The number of halogens is 1. The summed E-state index contributed by atoms with van der Waals surface area (Å²) >= 11 is 5.99. The van der Waals surface area contributed by atoms with E-state index in [1.54, 1.807) is 36.4 Å². The lowest BCUT2D eigenvalue weighted by Gasteiger charge is -2.06. The Morgan fingerprint density at radius 1 is 1.29 bits per heavy atom. The number of non-ortho nitro benzene ring substituents is 1. The third kappa shape index (κ3) is 5.72. The molecule has 31 heavy (non-hydrogen) atoms. The lowest BCUT2D eigenvalue weighted by atomic mass is 10.2. The van der Waals surface area contributed by atoms with Crippen molar-refractivity contribution >= 4 is 35.0 Å². The van der Waals surface area contributed by atoms with Gasteiger partial charge in [-0.2, -0.15) is 5.26 Å². The number of hydrogen-bond acceptors (Lipinski definition) is 6. The first-order valence-electron chi connectivity index (χ1n) is 9.01. The highest BCUT2D eigenvalue weighted by Crippen LogP contribution is 2.23. The zero-order chi connectivity index (χ0) is 22.4. The van der Waals surface area contributed by atoms with Gasteiger partial charge in [-0.3, -0.25) is 14.9 Å². The van der Waals surface area contributed by atoms with Crippen molar-refractivity contribution in [1.82, 2.24) is 0 Å². The van der Waals surface area contributed by atoms with E-state index in [0.29, 0.717) is 16.5 Å². The number of furan rings is 1. The van der Waals surface area contributed by atoms with E-state index in [0.717, 1.165) is 5.56 Å². The van der Waals surface area contributed by atoms with Gasteiger partial charge in [-0.15, -0.1) is 0 Å². The van der Waals surface area contributed by atoms with Crippen molar-refractivity contribution in [3.05, 3.63) is 92.4 Å². The molecule has 0 radical (unpaired) electrons. The monoisotopic (exact) mass is 437 g/mol. The molecular formula is C22H16ClN3O5. The van der Waals surface area contributed by atoms with E-state index in [1.165, 1.54) is 30.3 Å². The number of amides is 1. The summed E-state index contributed by atoms with van der Waals surface area (Å²) in [5, 5.41) is 23.3. The van der Waals surface area contributed by atoms with Gasteiger partial charge in [0.2, 0.25) is 0 Å². The molecule has 1 amide bonds. The van der Waals surface area contributed by atoms with Gasteiger partial charge >= 0.3 is 0 Å². The second-order valence-corrected chi connectivity index (χ2v) is 6.84. The van der Waals surface area contributed by atoms with E-state index >= 15 is 0 Å². The van der Waals surface area contributed by atoms with Gasteiger partial charge in [-0.05, 0) is 48.9 Å². The zero-order valence-electron chi connectivity index (χ0n) is 16.3. The first-order valence-corrected chi connectivity index (χ1v) is 9.39. The van der Waals surface area contributed by atoms with Gasteiger partial charge in [-0.1, -0.05) is 17.7 Å². The summed E-state index contributed by atoms with van der Waals surface area (Å²) in [6.07, 6.45) is 1.28. The summed E-state index contributed by atoms with van der Waals surface area (Å²) in [5.41, 5.74) is 0.691. The number of anilines is 1. The Labute approximate surface area is 182 Å². The summed E-state index contributed by atoms with van der Waals surface area (Å²) in [6.45, 7) is 2.02. The molecule has 0 saturated heterocycles. The molecule has 1 heterocycles. The number of hydrogen-bond donors (Lipinski definition) is 1. The van der Waals surface area contributed by atoms with Crippen molar-refractivity contribution in [2.45, 2.75) is 13.5 Å². The molecule has 2 aromatic carbocycles. The van der Waals surface area contributed by atoms with Gasteiger partial charge in [0.15, 0.2) is 0 Å². The van der Waals surface area contributed by atoms with Crippen molar-refractivity contribution in [1.29, 1.82) is 5.26 Å². The predicted molar refractivity (Wildman–Crippen MR) is 115 cm³/mol. The number of benzene rings is 2. The minimum Gasteiger partial charge on any atom is -0.486 e. The molecule has 0 bridgehead atoms. The number of nitrogens with zero attached hydrogens (tertiary/aromatic N) is 2. The van der Waals surface area contributed by atoms with Crippen LogP contribution in [0.3, 0.4) is 0 Å². The highest BCUT2D eigenvalue weighted by Gasteiger charge is 2.13. The molecule has 3 aromatic rings. The summed E-state index contributed by atoms with van der Waals surface area (Å²) in [4.78, 5) is 22.6. The number of nitriles is 1. The number of nitro groups is 1. The standard InChI is InChI=1S/C22H16ClN3O5/c1-14-9-18(7-8-21(14)23)30-13-20-6-5-19(31-20)10-15(12-24)22(27)25-16-3-2-4-17(11-16)26(28)29/h2-11H,13H2,1H3,(H,25,27)/b15-10+. The molecule has 0 aliphatic rings. The maximum atomic E-state index is 12.4. The lowest BCUT2D eigenvalue weighted by Crippen LogP contribution is -2.13. The molecule has 0 saturated carbocycles. The van der Waals surface area contributed by atoms with Gasteiger partial charge < -0.3 is 14.5 Å². The van der Waals surface area contributed by atoms with E-state index in [-0.39, 0.29) is 29.3 Å². The Hall–Kier alpha value is -4.09. The van der Waals surface area contributed by atoms with Gasteiger partial charge in [0, 0.05) is 28.9 Å². The van der Waals surface area contributed by atoms with Crippen molar-refractivity contribution in [3.63, 3.8) is 0 Å². The molecule has 0 unspecified atom stereocenters. The number of carbonyl (C=O) groups is 1. The second kappa shape index (κ2) is 9.61. The number of nitrogens with one attached hydrogen (secondary N) is 1. The van der Waals surface area contributed by atoms with E-state index in [4.69, 9.17) is 20.8 Å². The molecule has 0 spiro atoms. The molecule has 156 valence electrons. The molecule has 9 heteroatoms. The van der Waals surface area contributed by atoms with Gasteiger partial charge in [0.1, 0.15) is 35.5 Å². The summed E-state index contributed by atoms with van der Waals surface area (Å²) in [5.74, 6) is 0.699. The lowest BCUT2D eigenvalue weighted by molar-refractivity contribution is -0.384. The van der Waals surface area contributed by atoms with Gasteiger partial charge in [0.25, 0.3) is 11.6 Å². The Bertz CT molecular complexity index is 1210. The number of rotatable bonds is 7. The van der Waals surface area contributed by atoms with Crippen LogP contribution in [0.4, 0.5) is 11.4 Å². The molecule has 3 rings (SSSR count). The average molecular weight is 438 g/mol. The topological polar surface area (TPSA) is 118 Å². The second-order valence-electron chi connectivity index (χ2n) is 6.44. The van der Waals surface area contributed by atoms with E-state index in [2.05, 4.69) is 5.32 Å².